The molecule has 0 saturated heterocycles. The average Bonchev–Trinajstić information content (AvgIpc) is 2.87. The SMILES string of the molecule is CNC(=O)[C@H](C)N(Cc1c(Cl)cccc1Cl)C(=O)CN(c1cc(Cl)ccc1Cl)S(=O)(=O)c1ccc(C)cc1. The first kappa shape index (κ1) is 30.1. The quantitative estimate of drug-likeness (QED) is 0.321. The van der Waals surface area contributed by atoms with Gasteiger partial charge in [-0.05, 0) is 56.3 Å². The van der Waals surface area contributed by atoms with E-state index in [1.807, 2.05) is 6.92 Å². The summed E-state index contributed by atoms with van der Waals surface area (Å²) in [6, 6.07) is 14.4. The first-order valence-corrected chi connectivity index (χ1v) is 14.3. The van der Waals surface area contributed by atoms with Crippen molar-refractivity contribution in [2.45, 2.75) is 31.3 Å². The Balaban J connectivity index is 2.11. The molecule has 3 aromatic rings. The maximum atomic E-state index is 13.8. The normalized spacial score (nSPS) is 12.1. The van der Waals surface area contributed by atoms with Crippen LogP contribution in [-0.2, 0) is 26.2 Å². The minimum atomic E-state index is -4.29. The van der Waals surface area contributed by atoms with Crippen molar-refractivity contribution in [2.75, 3.05) is 17.9 Å². The number of hydrogen-bond acceptors (Lipinski definition) is 4. The fourth-order valence-electron chi connectivity index (χ4n) is 3.67. The molecule has 0 aromatic heterocycles. The lowest BCUT2D eigenvalue weighted by atomic mass is 10.1. The molecule has 0 aliphatic rings. The van der Waals surface area contributed by atoms with E-state index in [1.165, 1.54) is 49.2 Å². The van der Waals surface area contributed by atoms with Crippen molar-refractivity contribution in [3.63, 3.8) is 0 Å². The lowest BCUT2D eigenvalue weighted by molar-refractivity contribution is -0.139. The maximum absolute atomic E-state index is 13.8. The standard InChI is InChI=1S/C26H25Cl4N3O4S/c1-16-7-10-19(11-8-16)38(36,37)33(24-13-18(27)9-12-23(24)30)15-25(34)32(17(2)26(35)31-3)14-20-21(28)5-4-6-22(20)29/h4-13,17H,14-15H2,1-3H3,(H,31,35)/t17-/m0/s1. The van der Waals surface area contributed by atoms with Crippen molar-refractivity contribution in [3.05, 3.63) is 91.9 Å². The molecule has 202 valence electrons. The van der Waals surface area contributed by atoms with Crippen molar-refractivity contribution in [3.8, 4) is 0 Å². The summed E-state index contributed by atoms with van der Waals surface area (Å²) >= 11 is 25.2. The molecule has 3 aromatic carbocycles. The minimum absolute atomic E-state index is 0.0106. The largest absolute Gasteiger partial charge is 0.357 e. The lowest BCUT2D eigenvalue weighted by Crippen LogP contribution is -2.50. The number of anilines is 1. The number of amides is 2. The number of hydrogen-bond donors (Lipinski definition) is 1. The molecular formula is C26H25Cl4N3O4S. The van der Waals surface area contributed by atoms with E-state index < -0.39 is 34.4 Å². The smallest absolute Gasteiger partial charge is 0.264 e. The molecule has 1 N–H and O–H groups in total. The monoisotopic (exact) mass is 615 g/mol. The van der Waals surface area contributed by atoms with Crippen LogP contribution in [0.5, 0.6) is 0 Å². The van der Waals surface area contributed by atoms with Crippen molar-refractivity contribution in [1.29, 1.82) is 0 Å². The summed E-state index contributed by atoms with van der Waals surface area (Å²) < 4.78 is 28.5. The molecule has 0 heterocycles. The number of sulfonamides is 1. The van der Waals surface area contributed by atoms with Crippen LogP contribution in [0.4, 0.5) is 5.69 Å². The number of halogens is 4. The van der Waals surface area contributed by atoms with Gasteiger partial charge in [0, 0.05) is 34.2 Å². The Bertz CT molecular complexity index is 1430. The minimum Gasteiger partial charge on any atom is -0.357 e. The Labute approximate surface area is 242 Å². The molecule has 3 rings (SSSR count). The summed E-state index contributed by atoms with van der Waals surface area (Å²) in [5, 5.41) is 3.38. The summed E-state index contributed by atoms with van der Waals surface area (Å²) in [5.41, 5.74) is 1.28. The Morgan fingerprint density at radius 3 is 2.11 bits per heavy atom. The van der Waals surface area contributed by atoms with E-state index in [-0.39, 0.29) is 27.2 Å². The zero-order valence-corrected chi connectivity index (χ0v) is 24.6. The van der Waals surface area contributed by atoms with Crippen molar-refractivity contribution < 1.29 is 18.0 Å². The van der Waals surface area contributed by atoms with E-state index in [1.54, 1.807) is 30.3 Å². The van der Waals surface area contributed by atoms with Crippen LogP contribution in [0.1, 0.15) is 18.1 Å². The summed E-state index contributed by atoms with van der Waals surface area (Å²) in [6.07, 6.45) is 0. The number of rotatable bonds is 9. The molecule has 2 amide bonds. The van der Waals surface area contributed by atoms with Crippen LogP contribution in [0, 0.1) is 6.92 Å². The van der Waals surface area contributed by atoms with Crippen molar-refractivity contribution >= 4 is 73.9 Å². The molecule has 0 bridgehead atoms. The average molecular weight is 617 g/mol. The molecule has 12 heteroatoms. The van der Waals surface area contributed by atoms with Crippen LogP contribution >= 0.6 is 46.4 Å². The highest BCUT2D eigenvalue weighted by atomic mass is 35.5. The first-order chi connectivity index (χ1) is 17.9. The lowest BCUT2D eigenvalue weighted by Gasteiger charge is -2.32. The molecule has 0 saturated carbocycles. The van der Waals surface area contributed by atoms with Gasteiger partial charge in [-0.1, -0.05) is 70.2 Å². The van der Waals surface area contributed by atoms with Crippen LogP contribution in [0.25, 0.3) is 0 Å². The predicted molar refractivity (Wildman–Crippen MR) is 153 cm³/mol. The topological polar surface area (TPSA) is 86.8 Å². The third-order valence-corrected chi connectivity index (χ3v) is 8.91. The number of nitrogens with zero attached hydrogens (tertiary/aromatic N) is 2. The number of carbonyl (C=O) groups is 2. The Morgan fingerprint density at radius 1 is 0.921 bits per heavy atom. The number of likely N-dealkylation sites (N-methyl/N-ethyl adjacent to an activating group) is 1. The highest BCUT2D eigenvalue weighted by Gasteiger charge is 2.33. The van der Waals surface area contributed by atoms with E-state index in [0.29, 0.717) is 15.6 Å². The van der Waals surface area contributed by atoms with Gasteiger partial charge in [-0.15, -0.1) is 0 Å². The summed E-state index contributed by atoms with van der Waals surface area (Å²) in [5.74, 6) is -1.15. The van der Waals surface area contributed by atoms with Gasteiger partial charge in [0.1, 0.15) is 12.6 Å². The van der Waals surface area contributed by atoms with Crippen molar-refractivity contribution in [1.82, 2.24) is 10.2 Å². The second-order valence-electron chi connectivity index (χ2n) is 8.43. The molecule has 0 aliphatic heterocycles. The number of nitrogens with one attached hydrogen (secondary N) is 1. The van der Waals surface area contributed by atoms with Gasteiger partial charge in [-0.3, -0.25) is 13.9 Å². The van der Waals surface area contributed by atoms with E-state index in [9.17, 15) is 18.0 Å². The van der Waals surface area contributed by atoms with Crippen LogP contribution < -0.4 is 9.62 Å². The van der Waals surface area contributed by atoms with E-state index in [2.05, 4.69) is 5.32 Å². The molecular weight excluding hydrogens is 592 g/mol. The van der Waals surface area contributed by atoms with Gasteiger partial charge in [-0.2, -0.15) is 0 Å². The third-order valence-electron chi connectivity index (χ3n) is 5.87. The Kier molecular flexibility index (Phi) is 9.95. The molecule has 0 aliphatic carbocycles. The van der Waals surface area contributed by atoms with Gasteiger partial charge in [-0.25, -0.2) is 8.42 Å². The van der Waals surface area contributed by atoms with Crippen LogP contribution in [0.3, 0.4) is 0 Å². The van der Waals surface area contributed by atoms with E-state index >= 15 is 0 Å². The van der Waals surface area contributed by atoms with Gasteiger partial charge in [0.15, 0.2) is 0 Å². The van der Waals surface area contributed by atoms with Gasteiger partial charge in [0.2, 0.25) is 11.8 Å². The second-order valence-corrected chi connectivity index (χ2v) is 12.0. The van der Waals surface area contributed by atoms with E-state index in [0.717, 1.165) is 9.87 Å². The number of benzene rings is 3. The Hall–Kier alpha value is -2.49. The Morgan fingerprint density at radius 2 is 1.53 bits per heavy atom. The van der Waals surface area contributed by atoms with Crippen LogP contribution in [0.2, 0.25) is 20.1 Å². The fraction of sp³-hybridized carbons (Fsp3) is 0.231. The zero-order chi connectivity index (χ0) is 28.2. The predicted octanol–water partition coefficient (Wildman–Crippen LogP) is 5.97. The molecule has 38 heavy (non-hydrogen) atoms. The summed E-state index contributed by atoms with van der Waals surface area (Å²) in [6.45, 7) is 2.52. The van der Waals surface area contributed by atoms with Gasteiger partial charge < -0.3 is 10.2 Å². The molecule has 7 nitrogen and oxygen atoms in total. The van der Waals surface area contributed by atoms with Gasteiger partial charge in [0.05, 0.1) is 15.6 Å². The van der Waals surface area contributed by atoms with Crippen LogP contribution in [-0.4, -0.2) is 44.8 Å². The fourth-order valence-corrected chi connectivity index (χ4v) is 6.05. The molecule has 0 unspecified atom stereocenters. The second kappa shape index (κ2) is 12.6. The van der Waals surface area contributed by atoms with E-state index in [4.69, 9.17) is 46.4 Å². The first-order valence-electron chi connectivity index (χ1n) is 11.3. The maximum Gasteiger partial charge on any atom is 0.264 e. The highest BCUT2D eigenvalue weighted by Crippen LogP contribution is 2.34. The van der Waals surface area contributed by atoms with Crippen LogP contribution in [0.15, 0.2) is 65.6 Å². The molecule has 1 atom stereocenters. The number of aryl methyl sites for hydroxylation is 1. The molecule has 0 spiro atoms. The molecule has 0 radical (unpaired) electrons. The van der Waals surface area contributed by atoms with Crippen molar-refractivity contribution in [2.24, 2.45) is 0 Å². The summed E-state index contributed by atoms with van der Waals surface area (Å²) in [7, 11) is -2.85. The summed E-state index contributed by atoms with van der Waals surface area (Å²) in [4.78, 5) is 27.6. The molecule has 0 fully saturated rings. The highest BCUT2D eigenvalue weighted by molar-refractivity contribution is 7.92. The van der Waals surface area contributed by atoms with Gasteiger partial charge >= 0.3 is 0 Å². The third kappa shape index (κ3) is 6.74. The number of carbonyl (C=O) groups excluding carboxylic acids is 2. The van der Waals surface area contributed by atoms with Gasteiger partial charge in [0.25, 0.3) is 10.0 Å². The zero-order valence-electron chi connectivity index (χ0n) is 20.7.